The Hall–Kier alpha value is -1.06. The average Bonchev–Trinajstić information content (AvgIpc) is 2.42. The van der Waals surface area contributed by atoms with Crippen LogP contribution < -0.4 is 5.73 Å². The second kappa shape index (κ2) is 6.59. The van der Waals surface area contributed by atoms with Crippen molar-refractivity contribution < 1.29 is 9.53 Å². The molecule has 1 atom stereocenters. The van der Waals surface area contributed by atoms with E-state index in [-0.39, 0.29) is 5.97 Å². The Kier molecular flexibility index (Phi) is 5.06. The summed E-state index contributed by atoms with van der Waals surface area (Å²) in [5.41, 5.74) is 6.39. The molecule has 1 aromatic rings. The fourth-order valence-electron chi connectivity index (χ4n) is 2.79. The lowest BCUT2D eigenvalue weighted by molar-refractivity contribution is -0.164. The Labute approximate surface area is 125 Å². The second-order valence-electron chi connectivity index (χ2n) is 5.76. The van der Waals surface area contributed by atoms with Crippen molar-refractivity contribution in [2.45, 2.75) is 57.1 Å². The number of carbonyl (C=O) groups excluding carboxylic acids is 1. The highest BCUT2D eigenvalue weighted by Crippen LogP contribution is 2.35. The van der Waals surface area contributed by atoms with Crippen LogP contribution >= 0.6 is 11.6 Å². The lowest BCUT2D eigenvalue weighted by Crippen LogP contribution is -2.43. The molecule has 1 aliphatic rings. The van der Waals surface area contributed by atoms with E-state index in [2.05, 4.69) is 0 Å². The van der Waals surface area contributed by atoms with E-state index in [1.807, 2.05) is 24.3 Å². The zero-order chi connectivity index (χ0) is 14.6. The molecule has 0 saturated heterocycles. The van der Waals surface area contributed by atoms with Crippen LogP contribution in [0.2, 0.25) is 5.02 Å². The molecule has 110 valence electrons. The first-order valence-electron chi connectivity index (χ1n) is 7.24. The van der Waals surface area contributed by atoms with Gasteiger partial charge in [-0.2, -0.15) is 0 Å². The highest BCUT2D eigenvalue weighted by atomic mass is 35.5. The molecule has 0 bridgehead atoms. The summed E-state index contributed by atoms with van der Waals surface area (Å²) in [5.74, 6) is -0.305. The molecule has 0 aromatic heterocycles. The van der Waals surface area contributed by atoms with Crippen molar-refractivity contribution in [3.8, 4) is 0 Å². The summed E-state index contributed by atoms with van der Waals surface area (Å²) < 4.78 is 5.78. The van der Waals surface area contributed by atoms with Crippen molar-refractivity contribution in [1.82, 2.24) is 0 Å². The van der Waals surface area contributed by atoms with Crippen LogP contribution in [0.3, 0.4) is 0 Å². The van der Waals surface area contributed by atoms with Gasteiger partial charge in [-0.05, 0) is 50.3 Å². The first kappa shape index (κ1) is 15.3. The first-order chi connectivity index (χ1) is 9.51. The quantitative estimate of drug-likeness (QED) is 0.865. The lowest BCUT2D eigenvalue weighted by atomic mass is 9.80. The van der Waals surface area contributed by atoms with Gasteiger partial charge in [0.05, 0.1) is 0 Å². The Bertz CT molecular complexity index is 450. The summed E-state index contributed by atoms with van der Waals surface area (Å²) in [6, 6.07) is 7.18. The van der Waals surface area contributed by atoms with Gasteiger partial charge in [-0.25, -0.2) is 0 Å². The van der Waals surface area contributed by atoms with Crippen molar-refractivity contribution in [2.24, 2.45) is 5.73 Å². The van der Waals surface area contributed by atoms with E-state index in [1.165, 1.54) is 6.42 Å². The van der Waals surface area contributed by atoms with Crippen molar-refractivity contribution in [3.63, 3.8) is 0 Å². The number of esters is 1. The van der Waals surface area contributed by atoms with Gasteiger partial charge in [0.2, 0.25) is 0 Å². The van der Waals surface area contributed by atoms with Gasteiger partial charge < -0.3 is 10.5 Å². The van der Waals surface area contributed by atoms with Gasteiger partial charge in [-0.3, -0.25) is 4.79 Å². The fourth-order valence-corrected chi connectivity index (χ4v) is 2.92. The van der Waals surface area contributed by atoms with Gasteiger partial charge in [-0.1, -0.05) is 30.2 Å². The summed E-state index contributed by atoms with van der Waals surface area (Å²) in [4.78, 5) is 11.9. The first-order valence-corrected chi connectivity index (χ1v) is 7.61. The molecule has 1 aliphatic carbocycles. The van der Waals surface area contributed by atoms with E-state index in [1.54, 1.807) is 6.92 Å². The van der Waals surface area contributed by atoms with E-state index in [0.717, 1.165) is 42.7 Å². The average molecular weight is 296 g/mol. The third-order valence-corrected chi connectivity index (χ3v) is 4.15. The van der Waals surface area contributed by atoms with Crippen LogP contribution in [0, 0.1) is 0 Å². The summed E-state index contributed by atoms with van der Waals surface area (Å²) >= 11 is 5.91. The van der Waals surface area contributed by atoms with Gasteiger partial charge in [0.1, 0.15) is 11.6 Å². The number of ether oxygens (including phenoxy) is 1. The number of benzene rings is 1. The van der Waals surface area contributed by atoms with Gasteiger partial charge >= 0.3 is 5.97 Å². The number of hydrogen-bond acceptors (Lipinski definition) is 3. The number of rotatable bonds is 4. The van der Waals surface area contributed by atoms with Crippen molar-refractivity contribution in [3.05, 3.63) is 34.9 Å². The van der Waals surface area contributed by atoms with Crippen LogP contribution in [0.5, 0.6) is 0 Å². The minimum Gasteiger partial charge on any atom is -0.458 e. The van der Waals surface area contributed by atoms with Crippen LogP contribution in [0.15, 0.2) is 24.3 Å². The molecule has 3 nitrogen and oxygen atoms in total. The topological polar surface area (TPSA) is 52.3 Å². The maximum Gasteiger partial charge on any atom is 0.323 e. The molecule has 20 heavy (non-hydrogen) atoms. The molecule has 0 spiro atoms. The molecule has 1 saturated carbocycles. The second-order valence-corrected chi connectivity index (χ2v) is 6.19. The molecule has 1 unspecified atom stereocenters. The van der Waals surface area contributed by atoms with E-state index in [0.29, 0.717) is 0 Å². The van der Waals surface area contributed by atoms with Crippen molar-refractivity contribution in [2.75, 3.05) is 0 Å². The van der Waals surface area contributed by atoms with Crippen LogP contribution in [0.1, 0.15) is 44.6 Å². The maximum atomic E-state index is 11.9. The number of nitrogens with two attached hydrogens (primary N) is 1. The van der Waals surface area contributed by atoms with Gasteiger partial charge in [0, 0.05) is 11.4 Å². The summed E-state index contributed by atoms with van der Waals surface area (Å²) in [7, 11) is 0. The Morgan fingerprint density at radius 2 is 1.90 bits per heavy atom. The SMILES string of the molecule is CC(N)C(=O)OC1(Cc2ccc(Cl)cc2)CCCCC1. The zero-order valence-electron chi connectivity index (χ0n) is 11.9. The summed E-state index contributed by atoms with van der Waals surface area (Å²) in [6.07, 6.45) is 5.96. The highest BCUT2D eigenvalue weighted by molar-refractivity contribution is 6.30. The van der Waals surface area contributed by atoms with E-state index >= 15 is 0 Å². The fraction of sp³-hybridized carbons (Fsp3) is 0.562. The van der Waals surface area contributed by atoms with Crippen molar-refractivity contribution in [1.29, 1.82) is 0 Å². The van der Waals surface area contributed by atoms with Crippen LogP contribution in [-0.4, -0.2) is 17.6 Å². The van der Waals surface area contributed by atoms with Gasteiger partial charge in [0.25, 0.3) is 0 Å². The van der Waals surface area contributed by atoms with E-state index in [9.17, 15) is 4.79 Å². The molecule has 0 aliphatic heterocycles. The lowest BCUT2D eigenvalue weighted by Gasteiger charge is -2.37. The monoisotopic (exact) mass is 295 g/mol. The number of hydrogen-bond donors (Lipinski definition) is 1. The largest absolute Gasteiger partial charge is 0.458 e. The standard InChI is InChI=1S/C16H22ClNO2/c1-12(18)15(19)20-16(9-3-2-4-10-16)11-13-5-7-14(17)8-6-13/h5-8,12H,2-4,9-11,18H2,1H3. The predicted octanol–water partition coefficient (Wildman–Crippen LogP) is 3.48. The van der Waals surface area contributed by atoms with Gasteiger partial charge in [-0.15, -0.1) is 0 Å². The third-order valence-electron chi connectivity index (χ3n) is 3.89. The smallest absolute Gasteiger partial charge is 0.323 e. The molecule has 2 rings (SSSR count). The molecular weight excluding hydrogens is 274 g/mol. The van der Waals surface area contributed by atoms with E-state index in [4.69, 9.17) is 22.1 Å². The number of carbonyl (C=O) groups is 1. The molecule has 1 fully saturated rings. The predicted molar refractivity (Wildman–Crippen MR) is 80.7 cm³/mol. The Morgan fingerprint density at radius 3 is 2.45 bits per heavy atom. The molecule has 0 radical (unpaired) electrons. The Morgan fingerprint density at radius 1 is 1.30 bits per heavy atom. The molecular formula is C16H22ClNO2. The summed E-state index contributed by atoms with van der Waals surface area (Å²) in [6.45, 7) is 1.67. The van der Waals surface area contributed by atoms with Crippen LogP contribution in [0.25, 0.3) is 0 Å². The highest BCUT2D eigenvalue weighted by Gasteiger charge is 2.36. The van der Waals surface area contributed by atoms with Crippen LogP contribution in [0.4, 0.5) is 0 Å². The summed E-state index contributed by atoms with van der Waals surface area (Å²) in [5, 5.41) is 0.721. The molecule has 0 heterocycles. The minimum atomic E-state index is -0.570. The third kappa shape index (κ3) is 3.97. The number of halogens is 1. The van der Waals surface area contributed by atoms with Gasteiger partial charge in [0.15, 0.2) is 0 Å². The van der Waals surface area contributed by atoms with Crippen molar-refractivity contribution >= 4 is 17.6 Å². The zero-order valence-corrected chi connectivity index (χ0v) is 12.7. The normalized spacial score (nSPS) is 19.4. The molecule has 2 N–H and O–H groups in total. The molecule has 0 amide bonds. The molecule has 1 aromatic carbocycles. The molecule has 4 heteroatoms. The minimum absolute atomic E-state index is 0.305. The maximum absolute atomic E-state index is 11.9. The van der Waals surface area contributed by atoms with Crippen LogP contribution in [-0.2, 0) is 16.0 Å². The van der Waals surface area contributed by atoms with E-state index < -0.39 is 11.6 Å². The Balaban J connectivity index is 2.14.